The molecule has 1 N–H and O–H groups in total. The van der Waals surface area contributed by atoms with Crippen molar-refractivity contribution in [3.05, 3.63) is 59.7 Å². The van der Waals surface area contributed by atoms with Crippen LogP contribution in [0.1, 0.15) is 35.7 Å². The lowest BCUT2D eigenvalue weighted by Crippen LogP contribution is -2.55. The van der Waals surface area contributed by atoms with Crippen molar-refractivity contribution >= 4 is 11.8 Å². The van der Waals surface area contributed by atoms with Crippen LogP contribution < -0.4 is 5.32 Å². The number of hydrogen-bond donors (Lipinski definition) is 1. The summed E-state index contributed by atoms with van der Waals surface area (Å²) in [5.41, 5.74) is 3.36. The summed E-state index contributed by atoms with van der Waals surface area (Å²) in [5.74, 6) is 0.979. The Hall–Kier alpha value is -3.52. The van der Waals surface area contributed by atoms with Crippen LogP contribution in [0.25, 0.3) is 22.9 Å². The first-order chi connectivity index (χ1) is 16.5. The molecule has 3 aromatic rings. The highest BCUT2D eigenvalue weighted by Crippen LogP contribution is 2.26. The number of aryl methyl sites for hydroxylation is 1. The average molecular weight is 460 g/mol. The molecular formula is C26H29N5O3. The lowest BCUT2D eigenvalue weighted by atomic mass is 10.1. The number of benzene rings is 2. The number of hydrogen-bond acceptors (Lipinski definition) is 6. The van der Waals surface area contributed by atoms with Crippen LogP contribution in [0.2, 0.25) is 0 Å². The van der Waals surface area contributed by atoms with Gasteiger partial charge in [-0.3, -0.25) is 14.5 Å². The lowest BCUT2D eigenvalue weighted by Gasteiger charge is -2.37. The Kier molecular flexibility index (Phi) is 6.15. The van der Waals surface area contributed by atoms with Gasteiger partial charge in [-0.25, -0.2) is 0 Å². The van der Waals surface area contributed by atoms with Crippen molar-refractivity contribution < 1.29 is 14.0 Å². The lowest BCUT2D eigenvalue weighted by molar-refractivity contribution is -0.126. The predicted molar refractivity (Wildman–Crippen MR) is 128 cm³/mol. The quantitative estimate of drug-likeness (QED) is 0.609. The summed E-state index contributed by atoms with van der Waals surface area (Å²) in [5, 5.41) is 11.4. The van der Waals surface area contributed by atoms with E-state index in [1.54, 1.807) is 12.1 Å². The molecule has 0 spiro atoms. The number of rotatable bonds is 6. The van der Waals surface area contributed by atoms with E-state index >= 15 is 0 Å². The van der Waals surface area contributed by atoms with Gasteiger partial charge in [0.25, 0.3) is 5.91 Å². The number of nitrogens with zero attached hydrogens (tertiary/aromatic N) is 4. The molecule has 1 aliphatic heterocycles. The first-order valence-corrected chi connectivity index (χ1v) is 11.8. The van der Waals surface area contributed by atoms with Gasteiger partial charge in [-0.05, 0) is 62.6 Å². The highest BCUT2D eigenvalue weighted by Gasteiger charge is 2.31. The minimum Gasteiger partial charge on any atom is -0.416 e. The Balaban J connectivity index is 1.19. The second-order valence-corrected chi connectivity index (χ2v) is 9.09. The molecule has 1 saturated carbocycles. The molecule has 2 amide bonds. The summed E-state index contributed by atoms with van der Waals surface area (Å²) >= 11 is 0. The summed E-state index contributed by atoms with van der Waals surface area (Å²) < 4.78 is 5.88. The van der Waals surface area contributed by atoms with E-state index in [1.165, 1.54) is 0 Å². The Morgan fingerprint density at radius 2 is 1.65 bits per heavy atom. The number of nitrogens with one attached hydrogen (secondary N) is 1. The predicted octanol–water partition coefficient (Wildman–Crippen LogP) is 3.14. The van der Waals surface area contributed by atoms with E-state index in [2.05, 4.69) is 20.4 Å². The van der Waals surface area contributed by atoms with Gasteiger partial charge in [-0.15, -0.1) is 10.2 Å². The molecular weight excluding hydrogens is 430 g/mol. The molecule has 176 valence electrons. The molecule has 2 heterocycles. The highest BCUT2D eigenvalue weighted by molar-refractivity contribution is 5.94. The van der Waals surface area contributed by atoms with Gasteiger partial charge in [0.2, 0.25) is 17.7 Å². The van der Waals surface area contributed by atoms with E-state index in [9.17, 15) is 9.59 Å². The van der Waals surface area contributed by atoms with E-state index in [0.717, 1.165) is 29.5 Å². The van der Waals surface area contributed by atoms with E-state index in [0.29, 0.717) is 49.6 Å². The van der Waals surface area contributed by atoms with Crippen LogP contribution in [-0.4, -0.2) is 70.1 Å². The average Bonchev–Trinajstić information content (AvgIpc) is 3.55. The van der Waals surface area contributed by atoms with Crippen molar-refractivity contribution in [2.45, 2.75) is 38.8 Å². The number of carbonyl (C=O) groups is 2. The van der Waals surface area contributed by atoms with Gasteiger partial charge in [0, 0.05) is 48.9 Å². The SMILES string of the molecule is Cc1ccccc1-c1nnc(-c2ccc(C(=O)N3CCN(C(C)C(=O)NC4CC4)CC3)cc2)o1. The van der Waals surface area contributed by atoms with Gasteiger partial charge in [-0.2, -0.15) is 0 Å². The molecule has 1 saturated heterocycles. The monoisotopic (exact) mass is 459 g/mol. The molecule has 34 heavy (non-hydrogen) atoms. The van der Waals surface area contributed by atoms with Crippen LogP contribution in [0.5, 0.6) is 0 Å². The van der Waals surface area contributed by atoms with Crippen LogP contribution in [0.4, 0.5) is 0 Å². The van der Waals surface area contributed by atoms with Crippen molar-refractivity contribution in [3.8, 4) is 22.9 Å². The first-order valence-electron chi connectivity index (χ1n) is 11.8. The third kappa shape index (κ3) is 4.72. The Labute approximate surface area is 199 Å². The molecule has 5 rings (SSSR count). The fraction of sp³-hybridized carbons (Fsp3) is 0.385. The molecule has 8 heteroatoms. The Morgan fingerprint density at radius 3 is 2.32 bits per heavy atom. The van der Waals surface area contributed by atoms with E-state index in [4.69, 9.17) is 4.42 Å². The molecule has 8 nitrogen and oxygen atoms in total. The van der Waals surface area contributed by atoms with Crippen LogP contribution in [0.3, 0.4) is 0 Å². The second-order valence-electron chi connectivity index (χ2n) is 9.09. The summed E-state index contributed by atoms with van der Waals surface area (Å²) in [6.07, 6.45) is 2.17. The zero-order chi connectivity index (χ0) is 23.7. The van der Waals surface area contributed by atoms with Crippen molar-refractivity contribution in [3.63, 3.8) is 0 Å². The van der Waals surface area contributed by atoms with E-state index in [-0.39, 0.29) is 17.9 Å². The van der Waals surface area contributed by atoms with Crippen molar-refractivity contribution in [1.82, 2.24) is 25.3 Å². The number of carbonyl (C=O) groups excluding carboxylic acids is 2. The smallest absolute Gasteiger partial charge is 0.253 e. The van der Waals surface area contributed by atoms with Crippen molar-refractivity contribution in [2.75, 3.05) is 26.2 Å². The fourth-order valence-corrected chi connectivity index (χ4v) is 4.23. The van der Waals surface area contributed by atoms with Crippen LogP contribution in [-0.2, 0) is 4.79 Å². The molecule has 1 aromatic heterocycles. The Bertz CT molecular complexity index is 1180. The maximum Gasteiger partial charge on any atom is 0.253 e. The number of piperazine rings is 1. The number of amides is 2. The van der Waals surface area contributed by atoms with Gasteiger partial charge in [0.1, 0.15) is 0 Å². The topological polar surface area (TPSA) is 91.6 Å². The van der Waals surface area contributed by atoms with Crippen LogP contribution in [0, 0.1) is 6.92 Å². The zero-order valence-electron chi connectivity index (χ0n) is 19.5. The van der Waals surface area contributed by atoms with Crippen molar-refractivity contribution in [2.24, 2.45) is 0 Å². The van der Waals surface area contributed by atoms with Gasteiger partial charge >= 0.3 is 0 Å². The largest absolute Gasteiger partial charge is 0.416 e. The van der Waals surface area contributed by atoms with Gasteiger partial charge in [0.05, 0.1) is 6.04 Å². The maximum atomic E-state index is 13.0. The van der Waals surface area contributed by atoms with Gasteiger partial charge in [-0.1, -0.05) is 18.2 Å². The molecule has 2 aliphatic rings. The molecule has 2 fully saturated rings. The second kappa shape index (κ2) is 9.38. The van der Waals surface area contributed by atoms with Gasteiger partial charge < -0.3 is 14.6 Å². The third-order valence-electron chi connectivity index (χ3n) is 6.63. The molecule has 2 aromatic carbocycles. The van der Waals surface area contributed by atoms with Crippen LogP contribution >= 0.6 is 0 Å². The van der Waals surface area contributed by atoms with Crippen LogP contribution in [0.15, 0.2) is 52.9 Å². The minimum absolute atomic E-state index is 0.00702. The third-order valence-corrected chi connectivity index (χ3v) is 6.63. The molecule has 0 bridgehead atoms. The van der Waals surface area contributed by atoms with Gasteiger partial charge in [0.15, 0.2) is 0 Å². The van der Waals surface area contributed by atoms with E-state index < -0.39 is 0 Å². The van der Waals surface area contributed by atoms with Crippen molar-refractivity contribution in [1.29, 1.82) is 0 Å². The Morgan fingerprint density at radius 1 is 0.971 bits per heavy atom. The summed E-state index contributed by atoms with van der Waals surface area (Å²) in [6, 6.07) is 15.3. The molecule has 1 atom stereocenters. The first kappa shape index (κ1) is 22.3. The molecule has 0 radical (unpaired) electrons. The molecule has 1 aliphatic carbocycles. The fourth-order valence-electron chi connectivity index (χ4n) is 4.23. The summed E-state index contributed by atoms with van der Waals surface area (Å²) in [7, 11) is 0. The normalized spacial score (nSPS) is 17.4. The van der Waals surface area contributed by atoms with E-state index in [1.807, 2.05) is 55.1 Å². The maximum absolute atomic E-state index is 13.0. The number of aromatic nitrogens is 2. The minimum atomic E-state index is -0.170. The summed E-state index contributed by atoms with van der Waals surface area (Å²) in [4.78, 5) is 29.3. The highest BCUT2D eigenvalue weighted by atomic mass is 16.4. The zero-order valence-corrected chi connectivity index (χ0v) is 19.5. The molecule has 1 unspecified atom stereocenters. The standard InChI is InChI=1S/C26H29N5O3/c1-17-5-3-4-6-22(17)25-29-28-24(34-25)19-7-9-20(10-8-19)26(33)31-15-13-30(14-16-31)18(2)23(32)27-21-11-12-21/h3-10,18,21H,11-16H2,1-2H3,(H,27,32). The summed E-state index contributed by atoms with van der Waals surface area (Å²) in [6.45, 7) is 6.52.